The Morgan fingerprint density at radius 1 is 1.30 bits per heavy atom. The normalized spacial score (nSPS) is 25.9. The second kappa shape index (κ2) is 10.8. The number of hydrogen-bond acceptors (Lipinski definition) is 4. The van der Waals surface area contributed by atoms with E-state index in [2.05, 4.69) is 29.4 Å². The van der Waals surface area contributed by atoms with Crippen molar-refractivity contribution in [2.45, 2.75) is 39.2 Å². The Morgan fingerprint density at radius 2 is 2.22 bits per heavy atom. The van der Waals surface area contributed by atoms with Gasteiger partial charge in [0.05, 0.1) is 12.7 Å². The zero-order chi connectivity index (χ0) is 16.3. The van der Waals surface area contributed by atoms with Gasteiger partial charge >= 0.3 is 0 Å². The first-order valence-electron chi connectivity index (χ1n) is 9.25. The second-order valence-corrected chi connectivity index (χ2v) is 6.40. The molecule has 2 unspecified atom stereocenters. The summed E-state index contributed by atoms with van der Waals surface area (Å²) in [6, 6.07) is 0. The zero-order valence-corrected chi connectivity index (χ0v) is 14.9. The lowest BCUT2D eigenvalue weighted by Gasteiger charge is -2.14. The molecule has 0 bridgehead atoms. The van der Waals surface area contributed by atoms with Crippen LogP contribution in [-0.4, -0.2) is 76.1 Å². The van der Waals surface area contributed by atoms with Crippen molar-refractivity contribution in [2.24, 2.45) is 10.9 Å². The molecular weight excluding hydrogens is 292 g/mol. The second-order valence-electron chi connectivity index (χ2n) is 6.40. The molecule has 0 aromatic carbocycles. The van der Waals surface area contributed by atoms with Crippen LogP contribution in [0.3, 0.4) is 0 Å². The van der Waals surface area contributed by atoms with Gasteiger partial charge in [0.2, 0.25) is 0 Å². The van der Waals surface area contributed by atoms with E-state index < -0.39 is 0 Å². The van der Waals surface area contributed by atoms with Gasteiger partial charge in [0, 0.05) is 39.4 Å². The highest BCUT2D eigenvalue weighted by Crippen LogP contribution is 2.15. The minimum atomic E-state index is 0.306. The van der Waals surface area contributed by atoms with E-state index in [-0.39, 0.29) is 0 Å². The average molecular weight is 326 g/mol. The fraction of sp³-hybridized carbons (Fsp3) is 0.941. The Kier molecular flexibility index (Phi) is 8.71. The van der Waals surface area contributed by atoms with E-state index in [9.17, 15) is 0 Å². The van der Waals surface area contributed by atoms with Gasteiger partial charge in [0.25, 0.3) is 0 Å². The average Bonchev–Trinajstić information content (AvgIpc) is 3.23. The van der Waals surface area contributed by atoms with E-state index in [1.165, 1.54) is 19.5 Å². The Balaban J connectivity index is 1.59. The van der Waals surface area contributed by atoms with Gasteiger partial charge in [-0.25, -0.2) is 0 Å². The fourth-order valence-corrected chi connectivity index (χ4v) is 3.08. The summed E-state index contributed by atoms with van der Waals surface area (Å²) >= 11 is 0. The lowest BCUT2D eigenvalue weighted by atomic mass is 10.1. The van der Waals surface area contributed by atoms with Crippen molar-refractivity contribution in [2.75, 3.05) is 59.1 Å². The van der Waals surface area contributed by atoms with Crippen molar-refractivity contribution in [3.8, 4) is 0 Å². The molecule has 2 atom stereocenters. The molecular formula is C17H34N4O2. The highest BCUT2D eigenvalue weighted by molar-refractivity contribution is 5.79. The third-order valence-corrected chi connectivity index (χ3v) is 4.52. The predicted octanol–water partition coefficient (Wildman–Crippen LogP) is 1.08. The Labute approximate surface area is 141 Å². The summed E-state index contributed by atoms with van der Waals surface area (Å²) in [6.07, 6.45) is 3.61. The Bertz CT molecular complexity index is 345. The van der Waals surface area contributed by atoms with E-state index in [1.54, 1.807) is 0 Å². The molecule has 0 aliphatic carbocycles. The third-order valence-electron chi connectivity index (χ3n) is 4.52. The quantitative estimate of drug-likeness (QED) is 0.377. The van der Waals surface area contributed by atoms with Crippen LogP contribution in [0.2, 0.25) is 0 Å². The summed E-state index contributed by atoms with van der Waals surface area (Å²) in [5.74, 6) is 1.64. The molecule has 2 aliphatic heterocycles. The molecule has 0 radical (unpaired) electrons. The van der Waals surface area contributed by atoms with Crippen molar-refractivity contribution in [1.29, 1.82) is 0 Å². The van der Waals surface area contributed by atoms with Crippen LogP contribution in [0.25, 0.3) is 0 Å². The SMILES string of the molecule is CCNC(=NCC1CCN(CC)C1)NCCCOC1CCOC1. The summed E-state index contributed by atoms with van der Waals surface area (Å²) in [4.78, 5) is 7.25. The van der Waals surface area contributed by atoms with Gasteiger partial charge in [-0.1, -0.05) is 6.92 Å². The largest absolute Gasteiger partial charge is 0.379 e. The Morgan fingerprint density at radius 3 is 2.91 bits per heavy atom. The number of aliphatic imine (C=N–C) groups is 1. The maximum absolute atomic E-state index is 5.78. The first-order chi connectivity index (χ1) is 11.3. The van der Waals surface area contributed by atoms with Crippen molar-refractivity contribution in [3.05, 3.63) is 0 Å². The zero-order valence-electron chi connectivity index (χ0n) is 14.9. The molecule has 2 aliphatic rings. The molecule has 0 saturated carbocycles. The summed E-state index contributed by atoms with van der Waals surface area (Å²) in [6.45, 7) is 13.0. The third kappa shape index (κ3) is 7.06. The lowest BCUT2D eigenvalue weighted by molar-refractivity contribution is 0.0420. The van der Waals surface area contributed by atoms with Gasteiger partial charge in [0.1, 0.15) is 0 Å². The first-order valence-corrected chi connectivity index (χ1v) is 9.25. The molecule has 2 N–H and O–H groups in total. The fourth-order valence-electron chi connectivity index (χ4n) is 3.08. The van der Waals surface area contributed by atoms with Gasteiger partial charge in [-0.15, -0.1) is 0 Å². The number of nitrogens with one attached hydrogen (secondary N) is 2. The molecule has 6 nitrogen and oxygen atoms in total. The summed E-state index contributed by atoms with van der Waals surface area (Å²) in [5.41, 5.74) is 0. The van der Waals surface area contributed by atoms with E-state index in [0.717, 1.165) is 64.8 Å². The Hall–Kier alpha value is -0.850. The van der Waals surface area contributed by atoms with E-state index in [4.69, 9.17) is 14.5 Å². The van der Waals surface area contributed by atoms with Crippen LogP contribution in [0.4, 0.5) is 0 Å². The minimum Gasteiger partial charge on any atom is -0.379 e. The lowest BCUT2D eigenvalue weighted by Crippen LogP contribution is -2.38. The van der Waals surface area contributed by atoms with E-state index in [1.807, 2.05) is 0 Å². The summed E-state index contributed by atoms with van der Waals surface area (Å²) < 4.78 is 11.1. The van der Waals surface area contributed by atoms with Crippen LogP contribution in [0.1, 0.15) is 33.1 Å². The predicted molar refractivity (Wildman–Crippen MR) is 94.0 cm³/mol. The van der Waals surface area contributed by atoms with E-state index in [0.29, 0.717) is 12.0 Å². The number of ether oxygens (including phenoxy) is 2. The topological polar surface area (TPSA) is 58.1 Å². The number of guanidine groups is 1. The van der Waals surface area contributed by atoms with Crippen molar-refractivity contribution >= 4 is 5.96 Å². The van der Waals surface area contributed by atoms with Gasteiger partial charge in [-0.2, -0.15) is 0 Å². The van der Waals surface area contributed by atoms with E-state index >= 15 is 0 Å². The highest BCUT2D eigenvalue weighted by Gasteiger charge is 2.20. The maximum atomic E-state index is 5.78. The number of rotatable bonds is 9. The molecule has 0 spiro atoms. The molecule has 23 heavy (non-hydrogen) atoms. The monoisotopic (exact) mass is 326 g/mol. The van der Waals surface area contributed by atoms with Crippen LogP contribution in [0.15, 0.2) is 4.99 Å². The van der Waals surface area contributed by atoms with Crippen molar-refractivity contribution < 1.29 is 9.47 Å². The van der Waals surface area contributed by atoms with Crippen molar-refractivity contribution in [1.82, 2.24) is 15.5 Å². The van der Waals surface area contributed by atoms with Gasteiger partial charge in [0.15, 0.2) is 5.96 Å². The number of hydrogen-bond donors (Lipinski definition) is 2. The molecule has 6 heteroatoms. The van der Waals surface area contributed by atoms with Crippen LogP contribution < -0.4 is 10.6 Å². The molecule has 0 aromatic heterocycles. The van der Waals surface area contributed by atoms with Crippen LogP contribution >= 0.6 is 0 Å². The molecule has 2 saturated heterocycles. The van der Waals surface area contributed by atoms with Gasteiger partial charge < -0.3 is 25.0 Å². The number of likely N-dealkylation sites (tertiary alicyclic amines) is 1. The molecule has 2 fully saturated rings. The van der Waals surface area contributed by atoms with Crippen LogP contribution in [0, 0.1) is 5.92 Å². The minimum absolute atomic E-state index is 0.306. The van der Waals surface area contributed by atoms with Crippen LogP contribution in [-0.2, 0) is 9.47 Å². The standard InChI is InChI=1S/C17H34N4O2/c1-3-18-17(20-12-15-6-9-21(4-2)13-15)19-8-5-10-23-16-7-11-22-14-16/h15-16H,3-14H2,1-2H3,(H2,18,19,20). The molecule has 134 valence electrons. The molecule has 2 rings (SSSR count). The maximum Gasteiger partial charge on any atom is 0.191 e. The molecule has 2 heterocycles. The number of nitrogens with zero attached hydrogens (tertiary/aromatic N) is 2. The van der Waals surface area contributed by atoms with Crippen molar-refractivity contribution in [3.63, 3.8) is 0 Å². The smallest absolute Gasteiger partial charge is 0.191 e. The first kappa shape index (κ1) is 18.5. The summed E-state index contributed by atoms with van der Waals surface area (Å²) in [7, 11) is 0. The van der Waals surface area contributed by atoms with Gasteiger partial charge in [-0.05, 0) is 45.2 Å². The summed E-state index contributed by atoms with van der Waals surface area (Å²) in [5, 5.41) is 6.74. The van der Waals surface area contributed by atoms with Crippen LogP contribution in [0.5, 0.6) is 0 Å². The van der Waals surface area contributed by atoms with Gasteiger partial charge in [-0.3, -0.25) is 4.99 Å². The highest BCUT2D eigenvalue weighted by atomic mass is 16.5. The molecule has 0 aromatic rings. The molecule has 0 amide bonds.